The van der Waals surface area contributed by atoms with Gasteiger partial charge in [-0.2, -0.15) is 0 Å². The van der Waals surface area contributed by atoms with Crippen LogP contribution in [0.4, 0.5) is 34.1 Å². The minimum atomic E-state index is -0.102. The van der Waals surface area contributed by atoms with E-state index in [0.29, 0.717) is 5.92 Å². The second kappa shape index (κ2) is 16.2. The van der Waals surface area contributed by atoms with Crippen molar-refractivity contribution in [3.63, 3.8) is 0 Å². The molecular weight excluding hydrogens is 852 g/mol. The van der Waals surface area contributed by atoms with Crippen molar-refractivity contribution in [1.29, 1.82) is 0 Å². The largest absolute Gasteiger partial charge is 0.456 e. The van der Waals surface area contributed by atoms with Gasteiger partial charge in [0, 0.05) is 33.4 Å². The van der Waals surface area contributed by atoms with Crippen LogP contribution in [-0.2, 0) is 5.41 Å². The SMILES string of the molecule is CCCC(CC)c1ccc(N2c3cc(C)cc4c3B(c3ccc5oc6ccccc6c5c3N4c3ccc(C(C)(C)C)cc3)c3ccc4oc5ccccc5c4c32)c(-c2ccc(-c3ccccc3)cc2)c1. The molecule has 0 fully saturated rings. The van der Waals surface area contributed by atoms with Crippen molar-refractivity contribution in [2.75, 3.05) is 9.80 Å². The van der Waals surface area contributed by atoms with E-state index in [1.165, 1.54) is 72.4 Å². The highest BCUT2D eigenvalue weighted by Gasteiger charge is 2.46. The maximum atomic E-state index is 6.81. The van der Waals surface area contributed by atoms with Crippen molar-refractivity contribution in [2.45, 2.75) is 72.1 Å². The normalized spacial score (nSPS) is 13.6. The van der Waals surface area contributed by atoms with Crippen LogP contribution in [0.5, 0.6) is 0 Å². The molecular formula is C65H55BN2O2. The topological polar surface area (TPSA) is 32.8 Å². The van der Waals surface area contributed by atoms with Gasteiger partial charge in [0.25, 0.3) is 6.71 Å². The fourth-order valence-corrected chi connectivity index (χ4v) is 12.0. The summed E-state index contributed by atoms with van der Waals surface area (Å²) >= 11 is 0. The molecule has 0 aliphatic carbocycles. The second-order valence-electron chi connectivity index (χ2n) is 20.7. The summed E-state index contributed by atoms with van der Waals surface area (Å²) in [4.78, 5) is 5.16. The highest BCUT2D eigenvalue weighted by Crippen LogP contribution is 2.52. The van der Waals surface area contributed by atoms with Crippen LogP contribution in [0.2, 0.25) is 0 Å². The Morgan fingerprint density at radius 1 is 0.514 bits per heavy atom. The zero-order valence-corrected chi connectivity index (χ0v) is 40.8. The summed E-state index contributed by atoms with van der Waals surface area (Å²) in [5.74, 6) is 0.459. The molecule has 9 aromatic carbocycles. The van der Waals surface area contributed by atoms with Crippen LogP contribution in [0.25, 0.3) is 66.1 Å². The highest BCUT2D eigenvalue weighted by atomic mass is 16.3. The molecule has 70 heavy (non-hydrogen) atoms. The third-order valence-electron chi connectivity index (χ3n) is 15.4. The molecule has 0 amide bonds. The number of para-hydroxylation sites is 2. The fourth-order valence-electron chi connectivity index (χ4n) is 12.0. The van der Waals surface area contributed by atoms with Gasteiger partial charge in [-0.05, 0) is 142 Å². The lowest BCUT2D eigenvalue weighted by atomic mass is 9.33. The van der Waals surface area contributed by atoms with Crippen molar-refractivity contribution in [3.05, 3.63) is 199 Å². The van der Waals surface area contributed by atoms with Gasteiger partial charge in [-0.15, -0.1) is 0 Å². The van der Waals surface area contributed by atoms with E-state index in [9.17, 15) is 0 Å². The first-order chi connectivity index (χ1) is 34.2. The van der Waals surface area contributed by atoms with Crippen LogP contribution in [0.3, 0.4) is 0 Å². The fraction of sp³-hybridized carbons (Fsp3) is 0.169. The lowest BCUT2D eigenvalue weighted by molar-refractivity contribution is 0.590. The Bertz CT molecular complexity index is 3840. The summed E-state index contributed by atoms with van der Waals surface area (Å²) in [6.45, 7) is 13.7. The van der Waals surface area contributed by atoms with Gasteiger partial charge in [0.15, 0.2) is 0 Å². The average Bonchev–Trinajstić information content (AvgIpc) is 3.97. The summed E-state index contributed by atoms with van der Waals surface area (Å²) in [5, 5.41) is 4.50. The van der Waals surface area contributed by atoms with Gasteiger partial charge in [0.05, 0.1) is 27.8 Å². The Balaban J connectivity index is 1.14. The molecule has 2 aromatic heterocycles. The Kier molecular flexibility index (Phi) is 9.78. The molecule has 11 aromatic rings. The minimum Gasteiger partial charge on any atom is -0.456 e. The molecule has 2 aliphatic heterocycles. The molecule has 1 atom stereocenters. The van der Waals surface area contributed by atoms with Crippen molar-refractivity contribution in [3.8, 4) is 22.3 Å². The average molecular weight is 907 g/mol. The first-order valence-corrected chi connectivity index (χ1v) is 25.2. The summed E-state index contributed by atoms with van der Waals surface area (Å²) in [7, 11) is 0. The number of aryl methyl sites for hydroxylation is 1. The molecule has 2 aliphatic rings. The molecule has 0 bridgehead atoms. The van der Waals surface area contributed by atoms with Crippen LogP contribution in [0.15, 0.2) is 191 Å². The van der Waals surface area contributed by atoms with E-state index in [2.05, 4.69) is 233 Å². The highest BCUT2D eigenvalue weighted by molar-refractivity contribution is 7.01. The smallest absolute Gasteiger partial charge is 0.252 e. The summed E-state index contributed by atoms with van der Waals surface area (Å²) in [6.07, 6.45) is 3.38. The number of furan rings is 2. The Hall–Kier alpha value is -7.76. The molecule has 4 nitrogen and oxygen atoms in total. The van der Waals surface area contributed by atoms with E-state index in [4.69, 9.17) is 8.83 Å². The van der Waals surface area contributed by atoms with Crippen molar-refractivity contribution >= 4 is 101 Å². The van der Waals surface area contributed by atoms with Crippen LogP contribution >= 0.6 is 0 Å². The third-order valence-corrected chi connectivity index (χ3v) is 15.4. The maximum absolute atomic E-state index is 6.81. The van der Waals surface area contributed by atoms with E-state index >= 15 is 0 Å². The van der Waals surface area contributed by atoms with Crippen LogP contribution in [0.1, 0.15) is 76.5 Å². The molecule has 0 saturated carbocycles. The Morgan fingerprint density at radius 3 is 1.67 bits per heavy atom. The lowest BCUT2D eigenvalue weighted by Gasteiger charge is -2.45. The van der Waals surface area contributed by atoms with Gasteiger partial charge in [-0.1, -0.05) is 162 Å². The van der Waals surface area contributed by atoms with Gasteiger partial charge in [0.2, 0.25) is 0 Å². The number of hydrogen-bond acceptors (Lipinski definition) is 4. The predicted molar refractivity (Wildman–Crippen MR) is 297 cm³/mol. The molecule has 0 spiro atoms. The first kappa shape index (κ1) is 42.4. The molecule has 340 valence electrons. The monoisotopic (exact) mass is 906 g/mol. The van der Waals surface area contributed by atoms with Crippen molar-refractivity contribution in [2.24, 2.45) is 0 Å². The molecule has 5 heteroatoms. The quantitative estimate of drug-likeness (QED) is 0.142. The number of fused-ring (bicyclic) bond motifs is 12. The third kappa shape index (κ3) is 6.51. The minimum absolute atomic E-state index is 0.00949. The van der Waals surface area contributed by atoms with Crippen LogP contribution in [0, 0.1) is 6.92 Å². The Morgan fingerprint density at radius 2 is 1.07 bits per heavy atom. The number of nitrogens with zero attached hydrogens (tertiary/aromatic N) is 2. The molecule has 0 saturated heterocycles. The van der Waals surface area contributed by atoms with Crippen molar-refractivity contribution in [1.82, 2.24) is 0 Å². The zero-order valence-electron chi connectivity index (χ0n) is 40.8. The lowest BCUT2D eigenvalue weighted by Crippen LogP contribution is -2.61. The summed E-state index contributed by atoms with van der Waals surface area (Å²) in [6, 6.07) is 67.7. The predicted octanol–water partition coefficient (Wildman–Crippen LogP) is 16.8. The maximum Gasteiger partial charge on any atom is 0.252 e. The summed E-state index contributed by atoms with van der Waals surface area (Å²) in [5.41, 5.74) is 23.0. The zero-order chi connectivity index (χ0) is 47.4. The van der Waals surface area contributed by atoms with E-state index in [-0.39, 0.29) is 12.1 Å². The van der Waals surface area contributed by atoms with Gasteiger partial charge < -0.3 is 18.6 Å². The van der Waals surface area contributed by atoms with E-state index in [0.717, 1.165) is 80.2 Å². The summed E-state index contributed by atoms with van der Waals surface area (Å²) < 4.78 is 13.5. The number of hydrogen-bond donors (Lipinski definition) is 0. The van der Waals surface area contributed by atoms with E-state index in [1.807, 2.05) is 0 Å². The van der Waals surface area contributed by atoms with Gasteiger partial charge >= 0.3 is 0 Å². The number of anilines is 6. The molecule has 0 radical (unpaired) electrons. The van der Waals surface area contributed by atoms with E-state index in [1.54, 1.807) is 0 Å². The molecule has 13 rings (SSSR count). The van der Waals surface area contributed by atoms with E-state index < -0.39 is 0 Å². The molecule has 0 N–H and O–H groups in total. The molecule has 1 unspecified atom stereocenters. The number of benzene rings is 9. The van der Waals surface area contributed by atoms with Gasteiger partial charge in [-0.3, -0.25) is 0 Å². The Labute approximate surface area is 410 Å². The van der Waals surface area contributed by atoms with Crippen molar-refractivity contribution < 1.29 is 8.83 Å². The van der Waals surface area contributed by atoms with Crippen LogP contribution < -0.4 is 26.2 Å². The van der Waals surface area contributed by atoms with Crippen LogP contribution in [-0.4, -0.2) is 6.71 Å². The first-order valence-electron chi connectivity index (χ1n) is 25.2. The number of rotatable bonds is 8. The second-order valence-corrected chi connectivity index (χ2v) is 20.7. The van der Waals surface area contributed by atoms with Gasteiger partial charge in [0.1, 0.15) is 22.3 Å². The molecule has 4 heterocycles. The standard InChI is InChI=1S/C65H55BN2O2/c1-7-16-41(8-2)45-27-34-53(50(39-45)44-25-23-43(24-26-44)42-17-10-9-11-18-42)68-55-38-40(3)37-54-62(55)66(52-33-36-59-61(64(52)68)49-20-13-15-22-57(49)70-59)51-32-35-58-60(48-19-12-14-21-56(48)69-58)63(51)67(54)47-30-28-46(29-31-47)65(4,5)6/h9-15,17-39,41H,7-8,16H2,1-6H3. The van der Waals surface area contributed by atoms with Gasteiger partial charge in [-0.25, -0.2) is 0 Å².